The zero-order chi connectivity index (χ0) is 24.2. The second-order valence-electron chi connectivity index (χ2n) is 8.61. The van der Waals surface area contributed by atoms with Gasteiger partial charge in [0.05, 0.1) is 0 Å². The normalized spacial score (nSPS) is 14.3. The first-order valence-electron chi connectivity index (χ1n) is 12.3. The zero-order valence-corrected chi connectivity index (χ0v) is 20.5. The molecule has 0 saturated carbocycles. The number of amides is 2. The third-order valence-corrected chi connectivity index (χ3v) is 6.29. The van der Waals surface area contributed by atoms with E-state index in [1.807, 2.05) is 36.7 Å². The van der Waals surface area contributed by atoms with Crippen molar-refractivity contribution in [1.82, 2.24) is 25.4 Å². The molecule has 2 aromatic rings. The number of aromatic nitrogens is 1. The Bertz CT molecular complexity index is 895. The lowest BCUT2D eigenvalue weighted by molar-refractivity contribution is -0.139. The Morgan fingerprint density at radius 1 is 0.941 bits per heavy atom. The quantitative estimate of drug-likeness (QED) is 0.389. The van der Waals surface area contributed by atoms with Crippen molar-refractivity contribution in [3.63, 3.8) is 0 Å². The van der Waals surface area contributed by atoms with Gasteiger partial charge in [-0.3, -0.25) is 24.4 Å². The molecule has 2 N–H and O–H groups in total. The molecule has 8 nitrogen and oxygen atoms in total. The van der Waals surface area contributed by atoms with Gasteiger partial charge in [-0.25, -0.2) is 0 Å². The maximum atomic E-state index is 12.2. The van der Waals surface area contributed by atoms with Crippen LogP contribution in [0.5, 0.6) is 0 Å². The van der Waals surface area contributed by atoms with E-state index in [4.69, 9.17) is 0 Å². The number of hydrogen-bond acceptors (Lipinski definition) is 6. The summed E-state index contributed by atoms with van der Waals surface area (Å²) in [7, 11) is 0. The first-order valence-corrected chi connectivity index (χ1v) is 12.3. The molecule has 1 aromatic heterocycles. The average Bonchev–Trinajstić information content (AvgIpc) is 2.89. The molecule has 0 bridgehead atoms. The van der Waals surface area contributed by atoms with Crippen LogP contribution in [-0.2, 0) is 22.7 Å². The number of anilines is 1. The van der Waals surface area contributed by atoms with Crippen molar-refractivity contribution in [2.24, 2.45) is 0 Å². The van der Waals surface area contributed by atoms with Gasteiger partial charge in [-0.15, -0.1) is 0 Å². The van der Waals surface area contributed by atoms with E-state index >= 15 is 0 Å². The van der Waals surface area contributed by atoms with E-state index in [2.05, 4.69) is 56.3 Å². The Hall–Kier alpha value is -2.97. The fourth-order valence-corrected chi connectivity index (χ4v) is 4.18. The highest BCUT2D eigenvalue weighted by molar-refractivity contribution is 6.35. The van der Waals surface area contributed by atoms with Crippen molar-refractivity contribution in [2.75, 3.05) is 57.3 Å². The number of carbonyl (C=O) groups excluding carboxylic acids is 2. The van der Waals surface area contributed by atoms with Gasteiger partial charge in [-0.2, -0.15) is 0 Å². The first-order chi connectivity index (χ1) is 16.6. The van der Waals surface area contributed by atoms with Crippen LogP contribution in [0.3, 0.4) is 0 Å². The fourth-order valence-electron chi connectivity index (χ4n) is 4.18. The Morgan fingerprint density at radius 2 is 1.62 bits per heavy atom. The molecule has 2 heterocycles. The number of nitrogens with zero attached hydrogens (tertiary/aromatic N) is 4. The zero-order valence-electron chi connectivity index (χ0n) is 20.5. The monoisotopic (exact) mass is 466 g/mol. The molecule has 8 heteroatoms. The number of hydrogen-bond donors (Lipinski definition) is 2. The Morgan fingerprint density at radius 3 is 2.32 bits per heavy atom. The number of nitrogens with one attached hydrogen (secondary N) is 2. The Labute approximate surface area is 203 Å². The SMILES string of the molecule is CCN(CC)Cc1cccc(CNC(=O)C(=O)NCCCN2CCN(c3ccncc3)CC2)c1. The number of benzene rings is 1. The van der Waals surface area contributed by atoms with Crippen LogP contribution in [0.1, 0.15) is 31.4 Å². The van der Waals surface area contributed by atoms with Gasteiger partial charge in [0.25, 0.3) is 0 Å². The summed E-state index contributed by atoms with van der Waals surface area (Å²) in [5.74, 6) is -1.15. The molecule has 1 saturated heterocycles. The van der Waals surface area contributed by atoms with Gasteiger partial charge in [-0.05, 0) is 49.3 Å². The minimum atomic E-state index is -0.583. The summed E-state index contributed by atoms with van der Waals surface area (Å²) in [6.45, 7) is 12.9. The molecule has 0 unspecified atom stereocenters. The standard InChI is InChI=1S/C26H38N6O2/c1-3-30(4-2)21-23-8-5-7-22(19-23)20-29-26(34)25(33)28-11-6-14-31-15-17-32(18-16-31)24-9-12-27-13-10-24/h5,7-10,12-13,19H,3-4,6,11,14-18,20-21H2,1-2H3,(H,28,33)(H,29,34). The second-order valence-corrected chi connectivity index (χ2v) is 8.61. The van der Waals surface area contributed by atoms with Gasteiger partial charge in [0.15, 0.2) is 0 Å². The summed E-state index contributed by atoms with van der Waals surface area (Å²) >= 11 is 0. The third kappa shape index (κ3) is 8.11. The van der Waals surface area contributed by atoms with Gasteiger partial charge >= 0.3 is 11.8 Å². The molecule has 2 amide bonds. The molecule has 0 aliphatic carbocycles. The molecule has 1 fully saturated rings. The molecule has 34 heavy (non-hydrogen) atoms. The largest absolute Gasteiger partial charge is 0.369 e. The minimum absolute atomic E-state index is 0.347. The predicted molar refractivity (Wildman–Crippen MR) is 135 cm³/mol. The lowest BCUT2D eigenvalue weighted by Gasteiger charge is -2.36. The van der Waals surface area contributed by atoms with Gasteiger partial charge in [-0.1, -0.05) is 38.1 Å². The van der Waals surface area contributed by atoms with Crippen LogP contribution in [0.25, 0.3) is 0 Å². The molecule has 0 atom stereocenters. The van der Waals surface area contributed by atoms with E-state index in [1.165, 1.54) is 11.3 Å². The predicted octanol–water partition coefficient (Wildman–Crippen LogP) is 1.87. The molecule has 184 valence electrons. The third-order valence-electron chi connectivity index (χ3n) is 6.29. The summed E-state index contributed by atoms with van der Waals surface area (Å²) in [4.78, 5) is 35.5. The van der Waals surface area contributed by atoms with Crippen molar-refractivity contribution in [3.05, 3.63) is 59.9 Å². The van der Waals surface area contributed by atoms with Crippen molar-refractivity contribution in [2.45, 2.75) is 33.4 Å². The molecule has 1 aromatic carbocycles. The minimum Gasteiger partial charge on any atom is -0.369 e. The average molecular weight is 467 g/mol. The van der Waals surface area contributed by atoms with E-state index < -0.39 is 11.8 Å². The van der Waals surface area contributed by atoms with Gasteiger partial charge in [0.1, 0.15) is 0 Å². The van der Waals surface area contributed by atoms with Crippen LogP contribution in [0, 0.1) is 0 Å². The maximum Gasteiger partial charge on any atom is 0.309 e. The number of piperazine rings is 1. The van der Waals surface area contributed by atoms with E-state index in [9.17, 15) is 9.59 Å². The molecule has 0 radical (unpaired) electrons. The van der Waals surface area contributed by atoms with Crippen LogP contribution in [0.2, 0.25) is 0 Å². The molecule has 1 aliphatic rings. The molecular formula is C26H38N6O2. The Balaban J connectivity index is 1.30. The number of carbonyl (C=O) groups is 2. The number of rotatable bonds is 11. The summed E-state index contributed by atoms with van der Waals surface area (Å²) in [5, 5.41) is 5.48. The molecular weight excluding hydrogens is 428 g/mol. The molecule has 3 rings (SSSR count). The highest BCUT2D eigenvalue weighted by Gasteiger charge is 2.17. The smallest absolute Gasteiger partial charge is 0.309 e. The van der Waals surface area contributed by atoms with Crippen molar-refractivity contribution >= 4 is 17.5 Å². The van der Waals surface area contributed by atoms with Gasteiger partial charge < -0.3 is 15.5 Å². The lowest BCUT2D eigenvalue weighted by Crippen LogP contribution is -2.47. The Kier molecular flexibility index (Phi) is 10.3. The highest BCUT2D eigenvalue weighted by atomic mass is 16.2. The van der Waals surface area contributed by atoms with Crippen molar-refractivity contribution in [3.8, 4) is 0 Å². The second kappa shape index (κ2) is 13.7. The van der Waals surface area contributed by atoms with Crippen LogP contribution in [0.4, 0.5) is 5.69 Å². The van der Waals surface area contributed by atoms with Crippen LogP contribution >= 0.6 is 0 Å². The van der Waals surface area contributed by atoms with E-state index in [-0.39, 0.29) is 0 Å². The van der Waals surface area contributed by atoms with Crippen molar-refractivity contribution < 1.29 is 9.59 Å². The summed E-state index contributed by atoms with van der Waals surface area (Å²) in [5.41, 5.74) is 3.42. The van der Waals surface area contributed by atoms with Crippen LogP contribution in [0.15, 0.2) is 48.8 Å². The molecule has 0 spiro atoms. The van der Waals surface area contributed by atoms with Crippen molar-refractivity contribution in [1.29, 1.82) is 0 Å². The summed E-state index contributed by atoms with van der Waals surface area (Å²) in [6.07, 6.45) is 4.47. The van der Waals surface area contributed by atoms with E-state index in [0.717, 1.165) is 64.3 Å². The van der Waals surface area contributed by atoms with Crippen LogP contribution in [-0.4, -0.2) is 79.0 Å². The molecule has 1 aliphatic heterocycles. The van der Waals surface area contributed by atoms with Crippen LogP contribution < -0.4 is 15.5 Å². The van der Waals surface area contributed by atoms with E-state index in [1.54, 1.807) is 0 Å². The number of pyridine rings is 1. The summed E-state index contributed by atoms with van der Waals surface area (Å²) < 4.78 is 0. The maximum absolute atomic E-state index is 12.2. The topological polar surface area (TPSA) is 80.8 Å². The summed E-state index contributed by atoms with van der Waals surface area (Å²) in [6, 6.07) is 12.2. The van der Waals surface area contributed by atoms with Gasteiger partial charge in [0.2, 0.25) is 0 Å². The lowest BCUT2D eigenvalue weighted by atomic mass is 10.1. The first kappa shape index (κ1) is 25.6. The fraction of sp³-hybridized carbons (Fsp3) is 0.500. The van der Waals surface area contributed by atoms with Gasteiger partial charge in [0, 0.05) is 63.9 Å². The van der Waals surface area contributed by atoms with E-state index in [0.29, 0.717) is 13.1 Å². The highest BCUT2D eigenvalue weighted by Crippen LogP contribution is 2.14.